The van der Waals surface area contributed by atoms with E-state index in [2.05, 4.69) is 5.32 Å². The highest BCUT2D eigenvalue weighted by Gasteiger charge is 2.19. The van der Waals surface area contributed by atoms with Crippen LogP contribution in [0.15, 0.2) is 54.6 Å². The summed E-state index contributed by atoms with van der Waals surface area (Å²) in [4.78, 5) is 12.3. The van der Waals surface area contributed by atoms with Crippen LogP contribution in [-0.2, 0) is 21.3 Å². The molecule has 1 saturated heterocycles. The summed E-state index contributed by atoms with van der Waals surface area (Å²) in [6.07, 6.45) is 3.25. The van der Waals surface area contributed by atoms with Crippen molar-refractivity contribution in [1.29, 1.82) is 0 Å². The molecule has 0 spiro atoms. The Labute approximate surface area is 160 Å². The van der Waals surface area contributed by atoms with Crippen molar-refractivity contribution >= 4 is 21.6 Å². The number of carbonyl (C=O) groups is 1. The lowest BCUT2D eigenvalue weighted by atomic mass is 10.1. The first-order valence-corrected chi connectivity index (χ1v) is 10.8. The zero-order chi connectivity index (χ0) is 19.3. The molecule has 27 heavy (non-hydrogen) atoms. The van der Waals surface area contributed by atoms with E-state index in [1.807, 2.05) is 30.3 Å². The number of nitrogens with one attached hydrogen (secondary N) is 1. The normalized spacial score (nSPS) is 16.9. The predicted molar refractivity (Wildman–Crippen MR) is 105 cm³/mol. The average molecular weight is 388 g/mol. The summed E-state index contributed by atoms with van der Waals surface area (Å²) in [6.45, 7) is 1.48. The summed E-state index contributed by atoms with van der Waals surface area (Å²) < 4.78 is 31.3. The highest BCUT2D eigenvalue weighted by molar-refractivity contribution is 7.92. The quantitative estimate of drug-likeness (QED) is 0.791. The van der Waals surface area contributed by atoms with Crippen LogP contribution in [0.2, 0.25) is 0 Å². The number of ether oxygens (including phenoxy) is 1. The topological polar surface area (TPSA) is 75.7 Å². The lowest BCUT2D eigenvalue weighted by Crippen LogP contribution is -2.32. The van der Waals surface area contributed by atoms with Gasteiger partial charge < -0.3 is 10.1 Å². The van der Waals surface area contributed by atoms with Gasteiger partial charge >= 0.3 is 0 Å². The van der Waals surface area contributed by atoms with Crippen molar-refractivity contribution in [2.75, 3.05) is 23.7 Å². The van der Waals surface area contributed by atoms with Crippen LogP contribution in [0.5, 0.6) is 0 Å². The molecule has 0 aromatic heterocycles. The lowest BCUT2D eigenvalue weighted by molar-refractivity contribution is 0.0858. The monoisotopic (exact) mass is 388 g/mol. The standard InChI is InChI=1S/C20H24N2O4S/c1-27(24,25)22(15-16-6-3-2-4-7-16)18-11-9-17(10-12-18)20(23)21-14-19-8-5-13-26-19/h2-4,6-7,9-12,19H,5,8,13-15H2,1H3,(H,21,23)/t19-/m1/s1. The Kier molecular flexibility index (Phi) is 6.13. The predicted octanol–water partition coefficient (Wildman–Crippen LogP) is 2.56. The van der Waals surface area contributed by atoms with Crippen molar-refractivity contribution in [2.45, 2.75) is 25.5 Å². The minimum atomic E-state index is -3.45. The first kappa shape index (κ1) is 19.4. The second-order valence-corrected chi connectivity index (χ2v) is 8.55. The third-order valence-electron chi connectivity index (χ3n) is 4.50. The molecule has 1 atom stereocenters. The highest BCUT2D eigenvalue weighted by atomic mass is 32.2. The molecule has 0 aliphatic carbocycles. The minimum Gasteiger partial charge on any atom is -0.376 e. The molecule has 1 amide bonds. The number of amides is 1. The molecule has 1 heterocycles. The smallest absolute Gasteiger partial charge is 0.251 e. The number of sulfonamides is 1. The van der Waals surface area contributed by atoms with Gasteiger partial charge in [-0.05, 0) is 42.7 Å². The molecule has 2 aromatic rings. The molecule has 7 heteroatoms. The van der Waals surface area contributed by atoms with Crippen LogP contribution in [0, 0.1) is 0 Å². The molecule has 0 radical (unpaired) electrons. The Morgan fingerprint density at radius 2 is 1.85 bits per heavy atom. The SMILES string of the molecule is CS(=O)(=O)N(Cc1ccccc1)c1ccc(C(=O)NC[C@H]2CCCO2)cc1. The lowest BCUT2D eigenvalue weighted by Gasteiger charge is -2.22. The van der Waals surface area contributed by atoms with Gasteiger partial charge in [0.05, 0.1) is 24.6 Å². The number of rotatable bonds is 7. The maximum atomic E-state index is 12.3. The van der Waals surface area contributed by atoms with Gasteiger partial charge in [0.15, 0.2) is 0 Å². The number of nitrogens with zero attached hydrogens (tertiary/aromatic N) is 1. The maximum Gasteiger partial charge on any atom is 0.251 e. The fourth-order valence-corrected chi connectivity index (χ4v) is 3.93. The van der Waals surface area contributed by atoms with Crippen molar-refractivity contribution in [3.05, 3.63) is 65.7 Å². The van der Waals surface area contributed by atoms with Crippen LogP contribution < -0.4 is 9.62 Å². The summed E-state index contributed by atoms with van der Waals surface area (Å²) in [5, 5.41) is 2.86. The molecule has 1 aliphatic rings. The van der Waals surface area contributed by atoms with E-state index in [1.54, 1.807) is 24.3 Å². The average Bonchev–Trinajstić information content (AvgIpc) is 3.18. The molecular weight excluding hydrogens is 364 g/mol. The number of benzene rings is 2. The van der Waals surface area contributed by atoms with E-state index < -0.39 is 10.0 Å². The zero-order valence-electron chi connectivity index (χ0n) is 15.3. The first-order valence-electron chi connectivity index (χ1n) is 8.95. The van der Waals surface area contributed by atoms with Crippen molar-refractivity contribution in [1.82, 2.24) is 5.32 Å². The van der Waals surface area contributed by atoms with Crippen molar-refractivity contribution in [3.8, 4) is 0 Å². The molecule has 1 N–H and O–H groups in total. The van der Waals surface area contributed by atoms with E-state index in [4.69, 9.17) is 4.74 Å². The van der Waals surface area contributed by atoms with E-state index in [1.165, 1.54) is 10.6 Å². The van der Waals surface area contributed by atoms with Crippen molar-refractivity contribution < 1.29 is 17.9 Å². The van der Waals surface area contributed by atoms with Crippen LogP contribution in [0.1, 0.15) is 28.8 Å². The summed E-state index contributed by atoms with van der Waals surface area (Å²) >= 11 is 0. The summed E-state index contributed by atoms with van der Waals surface area (Å²) in [5.74, 6) is -0.189. The van der Waals surface area contributed by atoms with Crippen LogP contribution in [0.25, 0.3) is 0 Å². The first-order chi connectivity index (χ1) is 12.9. The minimum absolute atomic E-state index is 0.0832. The van der Waals surface area contributed by atoms with Crippen LogP contribution in [0.4, 0.5) is 5.69 Å². The van der Waals surface area contributed by atoms with Crippen molar-refractivity contribution in [2.24, 2.45) is 0 Å². The van der Waals surface area contributed by atoms with Gasteiger partial charge in [-0.25, -0.2) is 8.42 Å². The van der Waals surface area contributed by atoms with Crippen LogP contribution >= 0.6 is 0 Å². The molecule has 0 unspecified atom stereocenters. The van der Waals surface area contributed by atoms with Gasteiger partial charge in [-0.3, -0.25) is 9.10 Å². The Balaban J connectivity index is 1.70. The van der Waals surface area contributed by atoms with E-state index in [9.17, 15) is 13.2 Å². The van der Waals surface area contributed by atoms with E-state index >= 15 is 0 Å². The fraction of sp³-hybridized carbons (Fsp3) is 0.350. The molecule has 1 fully saturated rings. The van der Waals surface area contributed by atoms with Gasteiger partial charge in [-0.15, -0.1) is 0 Å². The largest absolute Gasteiger partial charge is 0.376 e. The van der Waals surface area contributed by atoms with Gasteiger partial charge in [-0.1, -0.05) is 30.3 Å². The van der Waals surface area contributed by atoms with E-state index in [0.717, 1.165) is 25.0 Å². The molecule has 144 valence electrons. The maximum absolute atomic E-state index is 12.3. The van der Waals surface area contributed by atoms with Gasteiger partial charge in [0.25, 0.3) is 5.91 Å². The van der Waals surface area contributed by atoms with Crippen molar-refractivity contribution in [3.63, 3.8) is 0 Å². The third-order valence-corrected chi connectivity index (χ3v) is 5.64. The molecule has 0 bridgehead atoms. The third kappa shape index (κ3) is 5.30. The fourth-order valence-electron chi connectivity index (χ4n) is 3.04. The van der Waals surface area contributed by atoms with E-state index in [0.29, 0.717) is 17.8 Å². The van der Waals surface area contributed by atoms with E-state index in [-0.39, 0.29) is 18.6 Å². The van der Waals surface area contributed by atoms with Gasteiger partial charge in [0, 0.05) is 18.7 Å². The van der Waals surface area contributed by atoms with Crippen LogP contribution in [0.3, 0.4) is 0 Å². The number of anilines is 1. The zero-order valence-corrected chi connectivity index (χ0v) is 16.1. The molecule has 1 aliphatic heterocycles. The van der Waals surface area contributed by atoms with Gasteiger partial charge in [-0.2, -0.15) is 0 Å². The highest BCUT2D eigenvalue weighted by Crippen LogP contribution is 2.21. The van der Waals surface area contributed by atoms with Crippen LogP contribution in [-0.4, -0.2) is 39.8 Å². The molecule has 0 saturated carbocycles. The Morgan fingerprint density at radius 1 is 1.15 bits per heavy atom. The van der Waals surface area contributed by atoms with Gasteiger partial charge in [0.2, 0.25) is 10.0 Å². The Morgan fingerprint density at radius 3 is 2.44 bits per heavy atom. The Hall–Kier alpha value is -2.38. The molecule has 2 aromatic carbocycles. The summed E-state index contributed by atoms with van der Waals surface area (Å²) in [5.41, 5.74) is 1.91. The second-order valence-electron chi connectivity index (χ2n) is 6.65. The molecule has 3 rings (SSSR count). The second kappa shape index (κ2) is 8.54. The molecular formula is C20H24N2O4S. The number of hydrogen-bond acceptors (Lipinski definition) is 4. The molecule has 6 nitrogen and oxygen atoms in total. The van der Waals surface area contributed by atoms with Gasteiger partial charge in [0.1, 0.15) is 0 Å². The Bertz CT molecular complexity index is 861. The summed E-state index contributed by atoms with van der Waals surface area (Å²) in [7, 11) is -3.45. The summed E-state index contributed by atoms with van der Waals surface area (Å²) in [6, 6.07) is 16.0. The number of hydrogen-bond donors (Lipinski definition) is 1. The number of carbonyl (C=O) groups excluding carboxylic acids is 1.